The minimum Gasteiger partial charge on any atom is -0.344 e. The molecule has 1 aromatic heterocycles. The Bertz CT molecular complexity index is 843. The average Bonchev–Trinajstić information content (AvgIpc) is 2.98. The molecule has 0 saturated heterocycles. The minimum absolute atomic E-state index is 0.101. The zero-order chi connectivity index (χ0) is 17.1. The van der Waals surface area contributed by atoms with Gasteiger partial charge in [0.05, 0.1) is 17.4 Å². The summed E-state index contributed by atoms with van der Waals surface area (Å²) in [6, 6.07) is 17.4. The van der Waals surface area contributed by atoms with Crippen LogP contribution in [0.1, 0.15) is 34.7 Å². The van der Waals surface area contributed by atoms with Crippen LogP contribution in [0.15, 0.2) is 59.1 Å². The summed E-state index contributed by atoms with van der Waals surface area (Å²) in [6.07, 6.45) is 0. The van der Waals surface area contributed by atoms with Crippen molar-refractivity contribution in [3.05, 3.63) is 76.0 Å². The normalized spacial score (nSPS) is 12.0. The van der Waals surface area contributed by atoms with Gasteiger partial charge in [-0.1, -0.05) is 51.5 Å². The fraction of sp³-hybridized carbons (Fsp3) is 0.167. The second kappa shape index (κ2) is 6.97. The standard InChI is InChI=1S/C18H17BrN4O/c1-12(14-6-4-3-5-7-14)20-18(24)17-13(2)23(22-21-17)16-10-8-15(19)9-11-16/h3-12H,1-2H3,(H,20,24)/t12-/m0/s1. The number of carbonyl (C=O) groups is 1. The molecule has 1 heterocycles. The highest BCUT2D eigenvalue weighted by Crippen LogP contribution is 2.17. The summed E-state index contributed by atoms with van der Waals surface area (Å²) in [4.78, 5) is 12.5. The number of hydrogen-bond acceptors (Lipinski definition) is 3. The van der Waals surface area contributed by atoms with Gasteiger partial charge >= 0.3 is 0 Å². The number of nitrogens with zero attached hydrogens (tertiary/aromatic N) is 3. The van der Waals surface area contributed by atoms with E-state index in [-0.39, 0.29) is 11.9 Å². The van der Waals surface area contributed by atoms with Crippen LogP contribution < -0.4 is 5.32 Å². The third-order valence-corrected chi connectivity index (χ3v) is 4.36. The van der Waals surface area contributed by atoms with Gasteiger partial charge in [-0.05, 0) is 43.7 Å². The van der Waals surface area contributed by atoms with Crippen molar-refractivity contribution in [3.63, 3.8) is 0 Å². The van der Waals surface area contributed by atoms with Crippen molar-refractivity contribution in [1.29, 1.82) is 0 Å². The molecule has 0 bridgehead atoms. The van der Waals surface area contributed by atoms with Crippen LogP contribution in [0.4, 0.5) is 0 Å². The van der Waals surface area contributed by atoms with Gasteiger partial charge in [0.15, 0.2) is 5.69 Å². The molecule has 0 unspecified atom stereocenters. The fourth-order valence-corrected chi connectivity index (χ4v) is 2.72. The van der Waals surface area contributed by atoms with Crippen molar-refractivity contribution in [2.45, 2.75) is 19.9 Å². The number of nitrogens with one attached hydrogen (secondary N) is 1. The zero-order valence-electron chi connectivity index (χ0n) is 13.4. The molecule has 1 N–H and O–H groups in total. The first kappa shape index (κ1) is 16.4. The van der Waals surface area contributed by atoms with E-state index in [2.05, 4.69) is 31.6 Å². The van der Waals surface area contributed by atoms with Crippen LogP contribution in [-0.2, 0) is 0 Å². The van der Waals surface area contributed by atoms with Gasteiger partial charge in [0.2, 0.25) is 0 Å². The Labute approximate surface area is 148 Å². The van der Waals surface area contributed by atoms with E-state index in [0.29, 0.717) is 11.4 Å². The largest absolute Gasteiger partial charge is 0.344 e. The van der Waals surface area contributed by atoms with E-state index in [1.165, 1.54) is 0 Å². The number of amides is 1. The second-order valence-electron chi connectivity index (χ2n) is 5.52. The first-order valence-corrected chi connectivity index (χ1v) is 8.39. The van der Waals surface area contributed by atoms with E-state index in [0.717, 1.165) is 15.7 Å². The molecule has 3 rings (SSSR count). The molecule has 3 aromatic rings. The average molecular weight is 385 g/mol. The summed E-state index contributed by atoms with van der Waals surface area (Å²) in [5.74, 6) is -0.229. The smallest absolute Gasteiger partial charge is 0.274 e. The van der Waals surface area contributed by atoms with Gasteiger partial charge < -0.3 is 5.32 Å². The zero-order valence-corrected chi connectivity index (χ0v) is 15.0. The molecule has 1 amide bonds. The van der Waals surface area contributed by atoms with Crippen molar-refractivity contribution in [3.8, 4) is 5.69 Å². The molecule has 0 radical (unpaired) electrons. The topological polar surface area (TPSA) is 59.8 Å². The highest BCUT2D eigenvalue weighted by Gasteiger charge is 2.19. The van der Waals surface area contributed by atoms with E-state index in [1.807, 2.05) is 68.4 Å². The van der Waals surface area contributed by atoms with Crippen molar-refractivity contribution in [2.75, 3.05) is 0 Å². The highest BCUT2D eigenvalue weighted by molar-refractivity contribution is 9.10. The van der Waals surface area contributed by atoms with Gasteiger partial charge in [-0.15, -0.1) is 5.10 Å². The van der Waals surface area contributed by atoms with Crippen LogP contribution in [-0.4, -0.2) is 20.9 Å². The van der Waals surface area contributed by atoms with Crippen LogP contribution in [0.25, 0.3) is 5.69 Å². The van der Waals surface area contributed by atoms with Gasteiger partial charge in [-0.2, -0.15) is 0 Å². The molecular weight excluding hydrogens is 368 g/mol. The van der Waals surface area contributed by atoms with E-state index in [1.54, 1.807) is 4.68 Å². The Morgan fingerprint density at radius 3 is 2.46 bits per heavy atom. The highest BCUT2D eigenvalue weighted by atomic mass is 79.9. The molecule has 0 spiro atoms. The predicted octanol–water partition coefficient (Wildman–Crippen LogP) is 3.83. The maximum atomic E-state index is 12.5. The molecule has 0 aliphatic carbocycles. The molecule has 1 atom stereocenters. The van der Waals surface area contributed by atoms with Crippen molar-refractivity contribution < 1.29 is 4.79 Å². The molecule has 24 heavy (non-hydrogen) atoms. The number of hydrogen-bond donors (Lipinski definition) is 1. The molecule has 0 aliphatic heterocycles. The Kier molecular flexibility index (Phi) is 4.76. The van der Waals surface area contributed by atoms with Gasteiger partial charge in [-0.3, -0.25) is 4.79 Å². The summed E-state index contributed by atoms with van der Waals surface area (Å²) in [5, 5.41) is 11.1. The quantitative estimate of drug-likeness (QED) is 0.743. The van der Waals surface area contributed by atoms with Gasteiger partial charge in [0.1, 0.15) is 0 Å². The Morgan fingerprint density at radius 1 is 1.12 bits per heavy atom. The minimum atomic E-state index is -0.229. The van der Waals surface area contributed by atoms with Crippen molar-refractivity contribution in [1.82, 2.24) is 20.3 Å². The molecule has 122 valence electrons. The Balaban J connectivity index is 1.80. The Hall–Kier alpha value is -2.47. The van der Waals surface area contributed by atoms with Crippen LogP contribution in [0.3, 0.4) is 0 Å². The number of rotatable bonds is 4. The lowest BCUT2D eigenvalue weighted by atomic mass is 10.1. The molecule has 0 saturated carbocycles. The first-order chi connectivity index (χ1) is 11.6. The maximum Gasteiger partial charge on any atom is 0.274 e. The summed E-state index contributed by atoms with van der Waals surface area (Å²) in [5.41, 5.74) is 2.94. The third kappa shape index (κ3) is 3.38. The SMILES string of the molecule is Cc1c(C(=O)N[C@@H](C)c2ccccc2)nnn1-c1ccc(Br)cc1. The lowest BCUT2D eigenvalue weighted by molar-refractivity contribution is 0.0934. The van der Waals surface area contributed by atoms with Gasteiger partial charge in [0, 0.05) is 4.47 Å². The second-order valence-corrected chi connectivity index (χ2v) is 6.43. The summed E-state index contributed by atoms with van der Waals surface area (Å²) in [7, 11) is 0. The lowest BCUT2D eigenvalue weighted by Crippen LogP contribution is -2.27. The van der Waals surface area contributed by atoms with E-state index >= 15 is 0 Å². The van der Waals surface area contributed by atoms with Crippen LogP contribution >= 0.6 is 15.9 Å². The lowest BCUT2D eigenvalue weighted by Gasteiger charge is -2.13. The van der Waals surface area contributed by atoms with Crippen LogP contribution in [0.2, 0.25) is 0 Å². The van der Waals surface area contributed by atoms with Gasteiger partial charge in [0.25, 0.3) is 5.91 Å². The Morgan fingerprint density at radius 2 is 1.79 bits per heavy atom. The molecule has 0 fully saturated rings. The van der Waals surface area contributed by atoms with Crippen molar-refractivity contribution >= 4 is 21.8 Å². The molecule has 2 aromatic carbocycles. The van der Waals surface area contributed by atoms with E-state index in [9.17, 15) is 4.79 Å². The summed E-state index contributed by atoms with van der Waals surface area (Å²) < 4.78 is 2.65. The molecule has 0 aliphatic rings. The molecule has 6 heteroatoms. The number of carbonyl (C=O) groups excluding carboxylic acids is 1. The van der Waals surface area contributed by atoms with E-state index in [4.69, 9.17) is 0 Å². The summed E-state index contributed by atoms with van der Waals surface area (Å²) >= 11 is 3.40. The maximum absolute atomic E-state index is 12.5. The monoisotopic (exact) mass is 384 g/mol. The third-order valence-electron chi connectivity index (χ3n) is 3.83. The van der Waals surface area contributed by atoms with Crippen molar-refractivity contribution in [2.24, 2.45) is 0 Å². The summed E-state index contributed by atoms with van der Waals surface area (Å²) in [6.45, 7) is 3.78. The predicted molar refractivity (Wildman–Crippen MR) is 96.1 cm³/mol. The van der Waals surface area contributed by atoms with E-state index < -0.39 is 0 Å². The number of benzene rings is 2. The molecular formula is C18H17BrN4O. The van der Waals surface area contributed by atoms with Crippen LogP contribution in [0.5, 0.6) is 0 Å². The first-order valence-electron chi connectivity index (χ1n) is 7.60. The van der Waals surface area contributed by atoms with Gasteiger partial charge in [-0.25, -0.2) is 4.68 Å². The fourth-order valence-electron chi connectivity index (χ4n) is 2.46. The number of halogens is 1. The number of aromatic nitrogens is 3. The van der Waals surface area contributed by atoms with Crippen LogP contribution in [0, 0.1) is 6.92 Å². The molecule has 5 nitrogen and oxygen atoms in total.